The third kappa shape index (κ3) is 3.00. The Morgan fingerprint density at radius 3 is 2.48 bits per heavy atom. The van der Waals surface area contributed by atoms with Gasteiger partial charge in [0.1, 0.15) is 11.1 Å². The summed E-state index contributed by atoms with van der Waals surface area (Å²) in [4.78, 5) is 12.6. The molecule has 3 atom stereocenters. The van der Waals surface area contributed by atoms with Crippen LogP contribution < -0.4 is 0 Å². The molecule has 1 aliphatic rings. The van der Waals surface area contributed by atoms with Gasteiger partial charge in [-0.1, -0.05) is 29.8 Å². The van der Waals surface area contributed by atoms with Crippen LogP contribution >= 0.6 is 0 Å². The van der Waals surface area contributed by atoms with Gasteiger partial charge in [0.15, 0.2) is 15.3 Å². The second kappa shape index (κ2) is 6.78. The van der Waals surface area contributed by atoms with Gasteiger partial charge in [0, 0.05) is 5.92 Å². The summed E-state index contributed by atoms with van der Waals surface area (Å²) in [5.74, 6) is -2.47. The normalized spacial score (nSPS) is 24.1. The summed E-state index contributed by atoms with van der Waals surface area (Å²) >= 11 is 0. The third-order valence-corrected chi connectivity index (χ3v) is 7.06. The Morgan fingerprint density at radius 2 is 1.93 bits per heavy atom. The van der Waals surface area contributed by atoms with E-state index in [2.05, 4.69) is 0 Å². The van der Waals surface area contributed by atoms with Gasteiger partial charge in [-0.05, 0) is 43.7 Å². The topological polar surface area (TPSA) is 84.2 Å². The average molecular weight is 387 g/mol. The number of carbonyl (C=O) groups excluding carboxylic acids is 1. The number of nitriles is 1. The lowest BCUT2D eigenvalue weighted by Gasteiger charge is -2.09. The quantitative estimate of drug-likeness (QED) is 0.736. The highest BCUT2D eigenvalue weighted by Crippen LogP contribution is 2.64. The van der Waals surface area contributed by atoms with Crippen LogP contribution in [0.5, 0.6) is 0 Å². The van der Waals surface area contributed by atoms with Gasteiger partial charge in [-0.25, -0.2) is 12.8 Å². The number of benzene rings is 2. The fourth-order valence-electron chi connectivity index (χ4n) is 3.46. The van der Waals surface area contributed by atoms with Crippen molar-refractivity contribution in [3.8, 4) is 6.07 Å². The molecule has 1 fully saturated rings. The van der Waals surface area contributed by atoms with Gasteiger partial charge in [-0.3, -0.25) is 4.79 Å². The van der Waals surface area contributed by atoms with Crippen molar-refractivity contribution in [3.05, 3.63) is 65.5 Å². The molecule has 0 heterocycles. The van der Waals surface area contributed by atoms with Gasteiger partial charge in [0.05, 0.1) is 17.6 Å². The molecule has 140 valence electrons. The van der Waals surface area contributed by atoms with E-state index in [-0.39, 0.29) is 17.1 Å². The molecule has 0 unspecified atom stereocenters. The lowest BCUT2D eigenvalue weighted by Crippen LogP contribution is -2.25. The molecule has 0 radical (unpaired) electrons. The molecule has 7 heteroatoms. The molecule has 0 aliphatic heterocycles. The summed E-state index contributed by atoms with van der Waals surface area (Å²) in [5, 5.41) is 8.44. The zero-order chi connectivity index (χ0) is 19.8. The van der Waals surface area contributed by atoms with Crippen LogP contribution in [0.1, 0.15) is 24.0 Å². The molecule has 1 aliphatic carbocycles. The average Bonchev–Trinajstić information content (AvgIpc) is 3.34. The molecular weight excluding hydrogens is 369 g/mol. The number of halogens is 1. The summed E-state index contributed by atoms with van der Waals surface area (Å²) in [6.45, 7) is 3.41. The second-order valence-electron chi connectivity index (χ2n) is 6.51. The Balaban J connectivity index is 2.14. The van der Waals surface area contributed by atoms with Crippen LogP contribution in [-0.4, -0.2) is 26.2 Å². The molecule has 0 amide bonds. The molecule has 5 nitrogen and oxygen atoms in total. The molecule has 0 saturated heterocycles. The predicted molar refractivity (Wildman–Crippen MR) is 96.0 cm³/mol. The lowest BCUT2D eigenvalue weighted by molar-refractivity contribution is -0.147. The van der Waals surface area contributed by atoms with Crippen molar-refractivity contribution >= 4 is 15.8 Å². The number of nitrogens with zero attached hydrogens (tertiary/aromatic N) is 1. The summed E-state index contributed by atoms with van der Waals surface area (Å²) in [6, 6.07) is 13.3. The standard InChI is InChI=1S/C20H18FNO4S/c1-3-26-19(23)20(12-22)17(14-5-4-6-15(21)11-14)18(20)27(24,25)16-9-7-13(2)8-10-16/h4-11,17-18H,3H2,1-2H3/t17-,18+,20+/m0/s1. The minimum atomic E-state index is -4.02. The van der Waals surface area contributed by atoms with E-state index in [0.717, 1.165) is 11.6 Å². The molecule has 0 N–H and O–H groups in total. The SMILES string of the molecule is CCOC(=O)[C@@]1(C#N)[C@H](S(=O)(=O)c2ccc(C)cc2)[C@@H]1c1cccc(F)c1. The van der Waals surface area contributed by atoms with Crippen molar-refractivity contribution in [1.29, 1.82) is 5.26 Å². The number of hydrogen-bond acceptors (Lipinski definition) is 5. The highest BCUT2D eigenvalue weighted by Gasteiger charge is 2.77. The first-order chi connectivity index (χ1) is 12.8. The number of ether oxygens (including phenoxy) is 1. The summed E-state index contributed by atoms with van der Waals surface area (Å²) < 4.78 is 45.1. The summed E-state index contributed by atoms with van der Waals surface area (Å²) in [6.07, 6.45) is 0. The summed E-state index contributed by atoms with van der Waals surface area (Å²) in [5.41, 5.74) is -0.735. The Bertz CT molecular complexity index is 1030. The minimum absolute atomic E-state index is 0.00936. The maximum Gasteiger partial charge on any atom is 0.328 e. The van der Waals surface area contributed by atoms with Gasteiger partial charge in [-0.15, -0.1) is 0 Å². The molecule has 1 saturated carbocycles. The van der Waals surface area contributed by atoms with Crippen LogP contribution in [0.2, 0.25) is 0 Å². The Labute approximate surface area is 157 Å². The van der Waals surface area contributed by atoms with Gasteiger partial charge in [0.2, 0.25) is 0 Å². The van der Waals surface area contributed by atoms with Gasteiger partial charge >= 0.3 is 5.97 Å². The zero-order valence-corrected chi connectivity index (χ0v) is 15.7. The Kier molecular flexibility index (Phi) is 4.79. The predicted octanol–water partition coefficient (Wildman–Crippen LogP) is 3.15. The first kappa shape index (κ1) is 19.1. The fourth-order valence-corrected chi connectivity index (χ4v) is 5.71. The number of sulfone groups is 1. The minimum Gasteiger partial charge on any atom is -0.465 e. The number of esters is 1. The lowest BCUT2D eigenvalue weighted by atomic mass is 10.0. The maximum atomic E-state index is 13.7. The molecule has 2 aromatic rings. The maximum absolute atomic E-state index is 13.7. The van der Waals surface area contributed by atoms with Gasteiger partial charge in [0.25, 0.3) is 0 Å². The number of aryl methyl sites for hydroxylation is 1. The molecule has 0 bridgehead atoms. The van der Waals surface area contributed by atoms with E-state index in [9.17, 15) is 22.9 Å². The highest BCUT2D eigenvalue weighted by atomic mass is 32.2. The zero-order valence-electron chi connectivity index (χ0n) is 14.8. The van der Waals surface area contributed by atoms with Crippen molar-refractivity contribution in [3.63, 3.8) is 0 Å². The molecule has 3 rings (SSSR count). The van der Waals surface area contributed by atoms with Crippen LogP contribution in [0.15, 0.2) is 53.4 Å². The van der Waals surface area contributed by atoms with E-state index in [1.165, 1.54) is 30.3 Å². The molecule has 0 spiro atoms. The summed E-state index contributed by atoms with van der Waals surface area (Å²) in [7, 11) is -4.02. The Hall–Kier alpha value is -2.72. The number of carbonyl (C=O) groups is 1. The number of rotatable bonds is 5. The van der Waals surface area contributed by atoms with Crippen molar-refractivity contribution in [2.24, 2.45) is 5.41 Å². The van der Waals surface area contributed by atoms with E-state index in [1.54, 1.807) is 19.1 Å². The first-order valence-electron chi connectivity index (χ1n) is 8.43. The van der Waals surface area contributed by atoms with E-state index in [0.29, 0.717) is 0 Å². The molecule has 0 aromatic heterocycles. The van der Waals surface area contributed by atoms with Crippen molar-refractivity contribution in [2.45, 2.75) is 29.9 Å². The van der Waals surface area contributed by atoms with E-state index < -0.39 is 38.2 Å². The van der Waals surface area contributed by atoms with Crippen molar-refractivity contribution in [1.82, 2.24) is 0 Å². The van der Waals surface area contributed by atoms with Crippen LogP contribution in [0.25, 0.3) is 0 Å². The van der Waals surface area contributed by atoms with Gasteiger partial charge in [-0.2, -0.15) is 5.26 Å². The van der Waals surface area contributed by atoms with Crippen molar-refractivity contribution in [2.75, 3.05) is 6.61 Å². The Morgan fingerprint density at radius 1 is 1.26 bits per heavy atom. The smallest absolute Gasteiger partial charge is 0.328 e. The highest BCUT2D eigenvalue weighted by molar-refractivity contribution is 7.92. The van der Waals surface area contributed by atoms with Gasteiger partial charge < -0.3 is 4.74 Å². The monoisotopic (exact) mass is 387 g/mol. The van der Waals surface area contributed by atoms with Crippen molar-refractivity contribution < 1.29 is 22.3 Å². The van der Waals surface area contributed by atoms with E-state index in [4.69, 9.17) is 4.74 Å². The molecular formula is C20H18FNO4S. The molecule has 2 aromatic carbocycles. The van der Waals surface area contributed by atoms with Crippen LogP contribution in [0.4, 0.5) is 4.39 Å². The second-order valence-corrected chi connectivity index (χ2v) is 8.58. The van der Waals surface area contributed by atoms with Crippen LogP contribution in [-0.2, 0) is 19.4 Å². The molecule has 27 heavy (non-hydrogen) atoms. The van der Waals surface area contributed by atoms with E-state index >= 15 is 0 Å². The van der Waals surface area contributed by atoms with E-state index in [1.807, 2.05) is 13.0 Å². The van der Waals surface area contributed by atoms with Crippen LogP contribution in [0, 0.1) is 29.5 Å². The largest absolute Gasteiger partial charge is 0.465 e. The fraction of sp³-hybridized carbons (Fsp3) is 0.300. The van der Waals surface area contributed by atoms with Crippen LogP contribution in [0.3, 0.4) is 0 Å². The number of hydrogen-bond donors (Lipinski definition) is 0. The first-order valence-corrected chi connectivity index (χ1v) is 9.98. The third-order valence-electron chi connectivity index (χ3n) is 4.82.